The molecule has 2 aromatic rings. The minimum atomic E-state index is -3.68. The number of ether oxygens (including phenoxy) is 1. The molecule has 1 atom stereocenters. The number of sulfonamides is 1. The average Bonchev–Trinajstić information content (AvgIpc) is 2.59. The first kappa shape index (κ1) is 22.0. The molecule has 0 aromatic heterocycles. The van der Waals surface area contributed by atoms with Gasteiger partial charge in [0.2, 0.25) is 15.9 Å². The molecule has 0 radical (unpaired) electrons. The fraction of sp³-hybridized carbons (Fsp3) is 0.350. The van der Waals surface area contributed by atoms with Crippen molar-refractivity contribution in [1.82, 2.24) is 5.32 Å². The molecule has 0 saturated carbocycles. The van der Waals surface area contributed by atoms with Gasteiger partial charge in [0.25, 0.3) is 0 Å². The van der Waals surface area contributed by atoms with Crippen LogP contribution >= 0.6 is 11.6 Å². The van der Waals surface area contributed by atoms with E-state index in [0.717, 1.165) is 21.9 Å². The highest BCUT2D eigenvalue weighted by molar-refractivity contribution is 7.92. The molecule has 152 valence electrons. The van der Waals surface area contributed by atoms with Crippen molar-refractivity contribution >= 4 is 33.2 Å². The third-order valence-electron chi connectivity index (χ3n) is 3.91. The number of nitrogens with one attached hydrogen (secondary N) is 1. The van der Waals surface area contributed by atoms with Gasteiger partial charge >= 0.3 is 0 Å². The second-order valence-electron chi connectivity index (χ2n) is 6.74. The van der Waals surface area contributed by atoms with Crippen molar-refractivity contribution in [3.05, 3.63) is 59.1 Å². The Bertz CT molecular complexity index is 914. The molecule has 0 heterocycles. The Morgan fingerprint density at radius 2 is 1.79 bits per heavy atom. The molecule has 8 heteroatoms. The molecule has 0 spiro atoms. The van der Waals surface area contributed by atoms with E-state index < -0.39 is 22.0 Å². The highest BCUT2D eigenvalue weighted by Crippen LogP contribution is 2.24. The Balaban J connectivity index is 2.09. The van der Waals surface area contributed by atoms with Crippen molar-refractivity contribution in [3.63, 3.8) is 0 Å². The number of hydrogen-bond acceptors (Lipinski definition) is 4. The number of hydrogen-bond donors (Lipinski definition) is 1. The van der Waals surface area contributed by atoms with E-state index >= 15 is 0 Å². The Morgan fingerprint density at radius 1 is 1.14 bits per heavy atom. The van der Waals surface area contributed by atoms with E-state index in [0.29, 0.717) is 10.7 Å². The lowest BCUT2D eigenvalue weighted by atomic mass is 10.2. The summed E-state index contributed by atoms with van der Waals surface area (Å²) in [5, 5.41) is 3.17. The summed E-state index contributed by atoms with van der Waals surface area (Å²) < 4.78 is 31.2. The molecule has 0 aliphatic heterocycles. The van der Waals surface area contributed by atoms with Gasteiger partial charge in [-0.15, -0.1) is 0 Å². The van der Waals surface area contributed by atoms with Crippen LogP contribution in [0.5, 0.6) is 5.75 Å². The Labute approximate surface area is 171 Å². The van der Waals surface area contributed by atoms with Gasteiger partial charge in [0.1, 0.15) is 11.8 Å². The number of carbonyl (C=O) groups is 1. The van der Waals surface area contributed by atoms with E-state index in [-0.39, 0.29) is 12.6 Å². The zero-order valence-corrected chi connectivity index (χ0v) is 17.9. The summed E-state index contributed by atoms with van der Waals surface area (Å²) in [6.45, 7) is 5.71. The van der Waals surface area contributed by atoms with E-state index in [9.17, 15) is 13.2 Å². The van der Waals surface area contributed by atoms with Crippen molar-refractivity contribution in [1.29, 1.82) is 0 Å². The Hall–Kier alpha value is -2.25. The first-order valence-electron chi connectivity index (χ1n) is 8.86. The molecular weight excluding hydrogens is 400 g/mol. The molecule has 0 bridgehead atoms. The topological polar surface area (TPSA) is 75.7 Å². The van der Waals surface area contributed by atoms with Gasteiger partial charge < -0.3 is 10.1 Å². The normalized spacial score (nSPS) is 12.5. The second-order valence-corrected chi connectivity index (χ2v) is 9.04. The van der Waals surface area contributed by atoms with Crippen molar-refractivity contribution in [3.8, 4) is 5.75 Å². The maximum atomic E-state index is 12.6. The number of carbonyl (C=O) groups excluding carboxylic acids is 1. The minimum Gasteiger partial charge on any atom is -0.491 e. The molecule has 2 aromatic carbocycles. The fourth-order valence-electron chi connectivity index (χ4n) is 2.72. The molecule has 28 heavy (non-hydrogen) atoms. The summed E-state index contributed by atoms with van der Waals surface area (Å²) in [6, 6.07) is 12.8. The van der Waals surface area contributed by atoms with Crippen LogP contribution in [0.25, 0.3) is 0 Å². The van der Waals surface area contributed by atoms with Crippen molar-refractivity contribution in [2.24, 2.45) is 0 Å². The summed E-state index contributed by atoms with van der Waals surface area (Å²) in [5.41, 5.74) is 1.22. The maximum Gasteiger partial charge on any atom is 0.243 e. The number of nitrogens with zero attached hydrogens (tertiary/aromatic N) is 1. The van der Waals surface area contributed by atoms with Gasteiger partial charge in [-0.3, -0.25) is 9.10 Å². The maximum absolute atomic E-state index is 12.6. The molecule has 1 amide bonds. The molecular formula is C20H25ClN2O4S. The molecule has 0 unspecified atom stereocenters. The summed E-state index contributed by atoms with van der Waals surface area (Å²) in [6.07, 6.45) is 1.14. The largest absolute Gasteiger partial charge is 0.491 e. The summed E-state index contributed by atoms with van der Waals surface area (Å²) in [5.74, 6) is 0.343. The quantitative estimate of drug-likeness (QED) is 0.702. The van der Waals surface area contributed by atoms with E-state index in [2.05, 4.69) is 5.32 Å². The first-order chi connectivity index (χ1) is 13.1. The van der Waals surface area contributed by atoms with Gasteiger partial charge in [-0.1, -0.05) is 29.8 Å². The highest BCUT2D eigenvalue weighted by Gasteiger charge is 2.29. The smallest absolute Gasteiger partial charge is 0.243 e. The van der Waals surface area contributed by atoms with Gasteiger partial charge in [0, 0.05) is 11.6 Å². The van der Waals surface area contributed by atoms with E-state index in [1.807, 2.05) is 38.1 Å². The van der Waals surface area contributed by atoms with Crippen LogP contribution in [0, 0.1) is 0 Å². The van der Waals surface area contributed by atoms with E-state index in [1.165, 1.54) is 13.0 Å². The highest BCUT2D eigenvalue weighted by atomic mass is 35.5. The van der Waals surface area contributed by atoms with Gasteiger partial charge in [-0.25, -0.2) is 8.42 Å². The third-order valence-corrected chi connectivity index (χ3v) is 5.39. The summed E-state index contributed by atoms with van der Waals surface area (Å²) in [4.78, 5) is 12.6. The van der Waals surface area contributed by atoms with Crippen molar-refractivity contribution < 1.29 is 17.9 Å². The monoisotopic (exact) mass is 424 g/mol. The zero-order chi connectivity index (χ0) is 20.9. The van der Waals surface area contributed by atoms with Gasteiger partial charge in [-0.2, -0.15) is 0 Å². The average molecular weight is 425 g/mol. The van der Waals surface area contributed by atoms with Crippen LogP contribution in [0.3, 0.4) is 0 Å². The predicted octanol–water partition coefficient (Wildman–Crippen LogP) is 3.60. The van der Waals surface area contributed by atoms with Crippen molar-refractivity contribution in [2.75, 3.05) is 10.6 Å². The minimum absolute atomic E-state index is 0.0832. The lowest BCUT2D eigenvalue weighted by Crippen LogP contribution is -2.47. The molecule has 6 nitrogen and oxygen atoms in total. The summed E-state index contributed by atoms with van der Waals surface area (Å²) in [7, 11) is -3.68. The van der Waals surface area contributed by atoms with Crippen LogP contribution in [0.2, 0.25) is 5.02 Å². The Kier molecular flexibility index (Phi) is 7.32. The number of anilines is 1. The van der Waals surface area contributed by atoms with Crippen molar-refractivity contribution in [2.45, 2.75) is 39.5 Å². The first-order valence-corrected chi connectivity index (χ1v) is 11.1. The molecule has 0 saturated heterocycles. The fourth-order valence-corrected chi connectivity index (χ4v) is 4.07. The van der Waals surface area contributed by atoms with Crippen LogP contribution in [-0.4, -0.2) is 32.7 Å². The van der Waals surface area contributed by atoms with Gasteiger partial charge in [0.15, 0.2) is 0 Å². The summed E-state index contributed by atoms with van der Waals surface area (Å²) >= 11 is 5.98. The molecule has 0 aliphatic rings. The number of halogens is 1. The van der Waals surface area contributed by atoms with Gasteiger partial charge in [-0.05, 0) is 56.7 Å². The Morgan fingerprint density at radius 3 is 2.32 bits per heavy atom. The van der Waals surface area contributed by atoms with E-state index in [4.69, 9.17) is 16.3 Å². The van der Waals surface area contributed by atoms with Crippen LogP contribution in [0.4, 0.5) is 5.69 Å². The molecule has 0 fully saturated rings. The molecule has 1 N–H and O–H groups in total. The second kappa shape index (κ2) is 9.30. The van der Waals surface area contributed by atoms with Gasteiger partial charge in [0.05, 0.1) is 18.0 Å². The van der Waals surface area contributed by atoms with Crippen LogP contribution < -0.4 is 14.4 Å². The number of amides is 1. The van der Waals surface area contributed by atoms with Crippen LogP contribution in [0.15, 0.2) is 48.5 Å². The predicted molar refractivity (Wildman–Crippen MR) is 112 cm³/mol. The van der Waals surface area contributed by atoms with E-state index in [1.54, 1.807) is 18.2 Å². The lowest BCUT2D eigenvalue weighted by Gasteiger charge is -2.28. The zero-order valence-electron chi connectivity index (χ0n) is 16.3. The molecule has 2 rings (SSSR count). The molecule has 0 aliphatic carbocycles. The SMILES string of the molecule is CC(C)Oc1ccc(CNC(=O)[C@H](C)N(c2cccc(Cl)c2)S(C)(=O)=O)cc1. The third kappa shape index (κ3) is 6.14. The van der Waals surface area contributed by atoms with Crippen LogP contribution in [0.1, 0.15) is 26.3 Å². The standard InChI is InChI=1S/C20H25ClN2O4S/c1-14(2)27-19-10-8-16(9-11-19)13-22-20(24)15(3)23(28(4,25)26)18-7-5-6-17(21)12-18/h5-12,14-15H,13H2,1-4H3,(H,22,24)/t15-/m0/s1. The number of benzene rings is 2. The lowest BCUT2D eigenvalue weighted by molar-refractivity contribution is -0.122. The van der Waals surface area contributed by atoms with Crippen LogP contribution in [-0.2, 0) is 21.4 Å². The number of rotatable bonds is 8.